The van der Waals surface area contributed by atoms with E-state index in [-0.39, 0.29) is 17.9 Å². The van der Waals surface area contributed by atoms with Gasteiger partial charge in [0.1, 0.15) is 18.2 Å². The van der Waals surface area contributed by atoms with Gasteiger partial charge in [-0.05, 0) is 11.6 Å². The molecule has 1 aliphatic rings. The van der Waals surface area contributed by atoms with E-state index >= 15 is 0 Å². The first kappa shape index (κ1) is 19.6. The largest absolute Gasteiger partial charge is 0.465 e. The van der Waals surface area contributed by atoms with Crippen molar-refractivity contribution < 1.29 is 27.8 Å². The van der Waals surface area contributed by atoms with Crippen LogP contribution in [-0.4, -0.2) is 50.3 Å². The normalized spacial score (nSPS) is 14.0. The number of amides is 1. The highest BCUT2D eigenvalue weighted by Crippen LogP contribution is 2.25. The molecular weight excluding hydrogens is 370 g/mol. The summed E-state index contributed by atoms with van der Waals surface area (Å²) in [5.41, 5.74) is 0.654. The highest BCUT2D eigenvalue weighted by molar-refractivity contribution is 5.91. The zero-order valence-electron chi connectivity index (χ0n) is 15.4. The van der Waals surface area contributed by atoms with Crippen LogP contribution in [0.4, 0.5) is 19.3 Å². The standard InChI is InChI=1S/C20H20F2N2O4/c1-27-19(25)15-11-18(17(22)12-16(15)21)23-7-9-24(10-8-23)20(26)28-13-14-5-3-2-4-6-14/h2-6,11-12H,7-10,13H2,1H3. The van der Waals surface area contributed by atoms with E-state index in [1.165, 1.54) is 4.90 Å². The second kappa shape index (κ2) is 8.69. The molecule has 8 heteroatoms. The van der Waals surface area contributed by atoms with Crippen molar-refractivity contribution in [3.8, 4) is 0 Å². The molecule has 0 unspecified atom stereocenters. The summed E-state index contributed by atoms with van der Waals surface area (Å²) in [6, 6.07) is 11.1. The maximum atomic E-state index is 14.2. The molecule has 1 saturated heterocycles. The monoisotopic (exact) mass is 390 g/mol. The average Bonchev–Trinajstić information content (AvgIpc) is 2.72. The van der Waals surface area contributed by atoms with Crippen molar-refractivity contribution in [1.29, 1.82) is 0 Å². The summed E-state index contributed by atoms with van der Waals surface area (Å²) in [5.74, 6) is -2.62. The van der Waals surface area contributed by atoms with Gasteiger partial charge in [0.25, 0.3) is 0 Å². The molecule has 0 saturated carbocycles. The molecule has 1 heterocycles. The van der Waals surface area contributed by atoms with Gasteiger partial charge >= 0.3 is 12.1 Å². The molecule has 0 atom stereocenters. The summed E-state index contributed by atoms with van der Waals surface area (Å²) in [5, 5.41) is 0. The van der Waals surface area contributed by atoms with E-state index in [1.54, 1.807) is 4.90 Å². The molecule has 1 amide bonds. The van der Waals surface area contributed by atoms with Gasteiger partial charge in [-0.2, -0.15) is 0 Å². The van der Waals surface area contributed by atoms with E-state index in [4.69, 9.17) is 4.74 Å². The lowest BCUT2D eigenvalue weighted by molar-refractivity contribution is 0.0595. The second-order valence-corrected chi connectivity index (χ2v) is 6.29. The molecule has 148 valence electrons. The van der Waals surface area contributed by atoms with Gasteiger partial charge in [-0.15, -0.1) is 0 Å². The number of rotatable bonds is 4. The van der Waals surface area contributed by atoms with Crippen LogP contribution in [0, 0.1) is 11.6 Å². The topological polar surface area (TPSA) is 59.1 Å². The van der Waals surface area contributed by atoms with E-state index in [2.05, 4.69) is 4.74 Å². The number of ether oxygens (including phenoxy) is 2. The molecule has 0 aliphatic carbocycles. The smallest absolute Gasteiger partial charge is 0.410 e. The SMILES string of the molecule is COC(=O)c1cc(N2CCN(C(=O)OCc3ccccc3)CC2)c(F)cc1F. The summed E-state index contributed by atoms with van der Waals surface area (Å²) in [7, 11) is 1.13. The van der Waals surface area contributed by atoms with Crippen molar-refractivity contribution in [2.24, 2.45) is 0 Å². The number of esters is 1. The van der Waals surface area contributed by atoms with Crippen LogP contribution in [0.2, 0.25) is 0 Å². The number of hydrogen-bond donors (Lipinski definition) is 0. The van der Waals surface area contributed by atoms with Crippen molar-refractivity contribution in [1.82, 2.24) is 4.90 Å². The van der Waals surface area contributed by atoms with Gasteiger partial charge < -0.3 is 19.3 Å². The molecule has 1 aliphatic heterocycles. The molecule has 1 fully saturated rings. The van der Waals surface area contributed by atoms with Gasteiger partial charge in [-0.3, -0.25) is 0 Å². The van der Waals surface area contributed by atoms with Crippen molar-refractivity contribution >= 4 is 17.7 Å². The third-order valence-electron chi connectivity index (χ3n) is 4.53. The first-order chi connectivity index (χ1) is 13.5. The van der Waals surface area contributed by atoms with Gasteiger partial charge in [0.2, 0.25) is 0 Å². The summed E-state index contributed by atoms with van der Waals surface area (Å²) < 4.78 is 37.8. The molecule has 6 nitrogen and oxygen atoms in total. The van der Waals surface area contributed by atoms with Crippen LogP contribution in [-0.2, 0) is 16.1 Å². The Morgan fingerprint density at radius 2 is 1.68 bits per heavy atom. The van der Waals surface area contributed by atoms with Gasteiger partial charge in [-0.1, -0.05) is 30.3 Å². The number of hydrogen-bond acceptors (Lipinski definition) is 5. The molecular formula is C20H20F2N2O4. The third kappa shape index (κ3) is 4.39. The maximum absolute atomic E-state index is 14.2. The quantitative estimate of drug-likeness (QED) is 0.751. The molecule has 0 radical (unpaired) electrons. The average molecular weight is 390 g/mol. The van der Waals surface area contributed by atoms with Crippen molar-refractivity contribution in [2.75, 3.05) is 38.2 Å². The van der Waals surface area contributed by atoms with Gasteiger partial charge in [0.15, 0.2) is 0 Å². The van der Waals surface area contributed by atoms with Crippen molar-refractivity contribution in [2.45, 2.75) is 6.61 Å². The number of piperazine rings is 1. The van der Waals surface area contributed by atoms with E-state index < -0.39 is 23.7 Å². The molecule has 0 N–H and O–H groups in total. The van der Waals surface area contributed by atoms with Crippen LogP contribution in [0.1, 0.15) is 15.9 Å². The first-order valence-electron chi connectivity index (χ1n) is 8.77. The predicted octanol–water partition coefficient (Wildman–Crippen LogP) is 3.21. The molecule has 2 aromatic carbocycles. The Morgan fingerprint density at radius 3 is 2.32 bits per heavy atom. The van der Waals surface area contributed by atoms with Crippen molar-refractivity contribution in [3.05, 3.63) is 65.2 Å². The summed E-state index contributed by atoms with van der Waals surface area (Å²) in [6.45, 7) is 1.46. The van der Waals surface area contributed by atoms with Crippen LogP contribution < -0.4 is 4.90 Å². The number of nitrogens with zero attached hydrogens (tertiary/aromatic N) is 2. The molecule has 0 spiro atoms. The number of anilines is 1. The fraction of sp³-hybridized carbons (Fsp3) is 0.300. The van der Waals surface area contributed by atoms with Crippen LogP contribution in [0.5, 0.6) is 0 Å². The Kier molecular flexibility index (Phi) is 6.08. The highest BCUT2D eigenvalue weighted by Gasteiger charge is 2.26. The lowest BCUT2D eigenvalue weighted by atomic mass is 10.1. The fourth-order valence-electron chi connectivity index (χ4n) is 2.99. The molecule has 0 aromatic heterocycles. The lowest BCUT2D eigenvalue weighted by Crippen LogP contribution is -2.49. The summed E-state index contributed by atoms with van der Waals surface area (Å²) >= 11 is 0. The van der Waals surface area contributed by atoms with Crippen molar-refractivity contribution in [3.63, 3.8) is 0 Å². The van der Waals surface area contributed by atoms with Crippen LogP contribution in [0.3, 0.4) is 0 Å². The van der Waals surface area contributed by atoms with E-state index in [1.807, 2.05) is 30.3 Å². The minimum atomic E-state index is -0.976. The lowest BCUT2D eigenvalue weighted by Gasteiger charge is -2.35. The first-order valence-corrected chi connectivity index (χ1v) is 8.77. The second-order valence-electron chi connectivity index (χ2n) is 6.29. The van der Waals surface area contributed by atoms with Gasteiger partial charge in [0, 0.05) is 32.2 Å². The maximum Gasteiger partial charge on any atom is 0.410 e. The minimum Gasteiger partial charge on any atom is -0.465 e. The summed E-state index contributed by atoms with van der Waals surface area (Å²) in [6.07, 6.45) is -0.446. The molecule has 2 aromatic rings. The third-order valence-corrected chi connectivity index (χ3v) is 4.53. The molecule has 28 heavy (non-hydrogen) atoms. The van der Waals surface area contributed by atoms with E-state index in [0.717, 1.165) is 18.7 Å². The van der Waals surface area contributed by atoms with Gasteiger partial charge in [0.05, 0.1) is 18.4 Å². The molecule has 3 rings (SSSR count). The minimum absolute atomic E-state index is 0.0964. The van der Waals surface area contributed by atoms with E-state index in [9.17, 15) is 18.4 Å². The van der Waals surface area contributed by atoms with Crippen LogP contribution in [0.15, 0.2) is 42.5 Å². The number of benzene rings is 2. The number of carbonyl (C=O) groups excluding carboxylic acids is 2. The Balaban J connectivity index is 1.60. The Bertz CT molecular complexity index is 853. The van der Waals surface area contributed by atoms with Gasteiger partial charge in [-0.25, -0.2) is 18.4 Å². The van der Waals surface area contributed by atoms with Crippen LogP contribution in [0.25, 0.3) is 0 Å². The Morgan fingerprint density at radius 1 is 1.00 bits per heavy atom. The fourth-order valence-corrected chi connectivity index (χ4v) is 2.99. The Labute approximate surface area is 161 Å². The predicted molar refractivity (Wildman–Crippen MR) is 98.1 cm³/mol. The Hall–Kier alpha value is -3.16. The number of methoxy groups -OCH3 is 1. The summed E-state index contributed by atoms with van der Waals surface area (Å²) in [4.78, 5) is 27.0. The highest BCUT2D eigenvalue weighted by atomic mass is 19.1. The number of halogens is 2. The van der Waals surface area contributed by atoms with Crippen LogP contribution >= 0.6 is 0 Å². The zero-order valence-corrected chi connectivity index (χ0v) is 15.4. The van der Waals surface area contributed by atoms with E-state index in [0.29, 0.717) is 32.2 Å². The molecule has 0 bridgehead atoms. The zero-order chi connectivity index (χ0) is 20.1. The number of carbonyl (C=O) groups is 2.